The van der Waals surface area contributed by atoms with Crippen LogP contribution in [0.2, 0.25) is 5.02 Å². The SMILES string of the molecule is Cc1ccc(NC(=O)C(=O)NN=Cc2cccc(OC(=O)c3ccccc3C)c2)cc1Cl. The minimum Gasteiger partial charge on any atom is -0.423 e. The smallest absolute Gasteiger partial charge is 0.343 e. The van der Waals surface area contributed by atoms with Gasteiger partial charge < -0.3 is 10.1 Å². The summed E-state index contributed by atoms with van der Waals surface area (Å²) in [5, 5.41) is 6.70. The van der Waals surface area contributed by atoms with Crippen molar-refractivity contribution in [3.63, 3.8) is 0 Å². The maximum absolute atomic E-state index is 12.3. The summed E-state index contributed by atoms with van der Waals surface area (Å²) in [6.07, 6.45) is 1.33. The van der Waals surface area contributed by atoms with Gasteiger partial charge in [-0.25, -0.2) is 10.2 Å². The van der Waals surface area contributed by atoms with Gasteiger partial charge in [0.1, 0.15) is 5.75 Å². The van der Waals surface area contributed by atoms with Crippen LogP contribution < -0.4 is 15.5 Å². The number of carbonyl (C=O) groups excluding carboxylic acids is 3. The molecule has 0 unspecified atom stereocenters. The van der Waals surface area contributed by atoms with Gasteiger partial charge in [-0.15, -0.1) is 0 Å². The van der Waals surface area contributed by atoms with E-state index in [1.807, 2.05) is 26.0 Å². The third-order valence-electron chi connectivity index (χ3n) is 4.45. The molecule has 0 spiro atoms. The van der Waals surface area contributed by atoms with Crippen molar-refractivity contribution in [3.05, 3.63) is 94.0 Å². The number of carbonyl (C=O) groups is 3. The fourth-order valence-electron chi connectivity index (χ4n) is 2.70. The molecule has 8 heteroatoms. The molecule has 7 nitrogen and oxygen atoms in total. The first-order valence-corrected chi connectivity index (χ1v) is 9.99. The molecule has 0 bridgehead atoms. The molecule has 0 aromatic heterocycles. The molecule has 0 heterocycles. The maximum Gasteiger partial charge on any atom is 0.343 e. The van der Waals surface area contributed by atoms with Gasteiger partial charge in [0.15, 0.2) is 0 Å². The zero-order chi connectivity index (χ0) is 23.1. The van der Waals surface area contributed by atoms with Gasteiger partial charge in [-0.2, -0.15) is 5.10 Å². The number of benzene rings is 3. The van der Waals surface area contributed by atoms with Crippen LogP contribution >= 0.6 is 11.6 Å². The number of amides is 2. The molecule has 162 valence electrons. The van der Waals surface area contributed by atoms with E-state index in [9.17, 15) is 14.4 Å². The Hall–Kier alpha value is -3.97. The maximum atomic E-state index is 12.3. The van der Waals surface area contributed by atoms with Crippen LogP contribution in [0, 0.1) is 13.8 Å². The first kappa shape index (κ1) is 22.7. The van der Waals surface area contributed by atoms with Crippen molar-refractivity contribution < 1.29 is 19.1 Å². The van der Waals surface area contributed by atoms with Gasteiger partial charge in [-0.3, -0.25) is 9.59 Å². The first-order valence-electron chi connectivity index (χ1n) is 9.62. The van der Waals surface area contributed by atoms with Crippen LogP contribution in [0.1, 0.15) is 27.0 Å². The lowest BCUT2D eigenvalue weighted by Crippen LogP contribution is -2.32. The minimum atomic E-state index is -0.944. The number of esters is 1. The van der Waals surface area contributed by atoms with E-state index in [1.54, 1.807) is 54.6 Å². The van der Waals surface area contributed by atoms with E-state index in [-0.39, 0.29) is 0 Å². The second-order valence-electron chi connectivity index (χ2n) is 6.89. The summed E-state index contributed by atoms with van der Waals surface area (Å²) in [6, 6.07) is 18.6. The van der Waals surface area contributed by atoms with Crippen molar-refractivity contribution in [2.24, 2.45) is 5.10 Å². The summed E-state index contributed by atoms with van der Waals surface area (Å²) in [4.78, 5) is 36.3. The lowest BCUT2D eigenvalue weighted by molar-refractivity contribution is -0.136. The van der Waals surface area contributed by atoms with E-state index >= 15 is 0 Å². The first-order chi connectivity index (χ1) is 15.3. The van der Waals surface area contributed by atoms with Crippen LogP contribution in [0.25, 0.3) is 0 Å². The van der Waals surface area contributed by atoms with Crippen molar-refractivity contribution >= 4 is 41.3 Å². The highest BCUT2D eigenvalue weighted by Crippen LogP contribution is 2.20. The zero-order valence-corrected chi connectivity index (χ0v) is 18.1. The second-order valence-corrected chi connectivity index (χ2v) is 7.30. The number of anilines is 1. The van der Waals surface area contributed by atoms with Crippen LogP contribution in [-0.2, 0) is 9.59 Å². The Morgan fingerprint density at radius 2 is 1.69 bits per heavy atom. The molecular weight excluding hydrogens is 430 g/mol. The predicted molar refractivity (Wildman–Crippen MR) is 123 cm³/mol. The number of halogens is 1. The van der Waals surface area contributed by atoms with Crippen molar-refractivity contribution in [3.8, 4) is 5.75 Å². The van der Waals surface area contributed by atoms with Gasteiger partial charge in [0, 0.05) is 10.7 Å². The Labute approximate surface area is 190 Å². The number of hydrogen-bond acceptors (Lipinski definition) is 5. The van der Waals surface area contributed by atoms with E-state index in [1.165, 1.54) is 6.21 Å². The Kier molecular flexibility index (Phi) is 7.36. The van der Waals surface area contributed by atoms with Gasteiger partial charge in [0.2, 0.25) is 0 Å². The zero-order valence-electron chi connectivity index (χ0n) is 17.4. The van der Waals surface area contributed by atoms with Crippen LogP contribution in [-0.4, -0.2) is 24.0 Å². The van der Waals surface area contributed by atoms with E-state index in [2.05, 4.69) is 15.8 Å². The number of ether oxygens (including phenoxy) is 1. The molecule has 0 aliphatic carbocycles. The Morgan fingerprint density at radius 1 is 0.906 bits per heavy atom. The van der Waals surface area contributed by atoms with Gasteiger partial charge in [-0.05, 0) is 60.9 Å². The summed E-state index contributed by atoms with van der Waals surface area (Å²) in [7, 11) is 0. The summed E-state index contributed by atoms with van der Waals surface area (Å²) < 4.78 is 5.41. The number of hydrogen-bond donors (Lipinski definition) is 2. The van der Waals surface area contributed by atoms with Crippen LogP contribution in [0.3, 0.4) is 0 Å². The molecular formula is C24H20ClN3O4. The van der Waals surface area contributed by atoms with Crippen molar-refractivity contribution in [2.45, 2.75) is 13.8 Å². The second kappa shape index (κ2) is 10.4. The van der Waals surface area contributed by atoms with Crippen LogP contribution in [0.5, 0.6) is 5.75 Å². The molecule has 0 radical (unpaired) electrons. The lowest BCUT2D eigenvalue weighted by Gasteiger charge is -2.07. The van der Waals surface area contributed by atoms with E-state index in [4.69, 9.17) is 16.3 Å². The van der Waals surface area contributed by atoms with Crippen molar-refractivity contribution in [1.82, 2.24) is 5.43 Å². The van der Waals surface area contributed by atoms with E-state index < -0.39 is 17.8 Å². The van der Waals surface area contributed by atoms with Gasteiger partial charge in [0.25, 0.3) is 0 Å². The molecule has 0 atom stereocenters. The molecule has 0 aliphatic rings. The standard InChI is InChI=1S/C24H20ClN3O4/c1-15-6-3-4-9-20(15)24(31)32-19-8-5-7-17(12-19)14-26-28-23(30)22(29)27-18-11-10-16(2)21(25)13-18/h3-14H,1-2H3,(H,27,29)(H,28,30). The highest BCUT2D eigenvalue weighted by molar-refractivity contribution is 6.39. The average Bonchev–Trinajstić information content (AvgIpc) is 2.76. The number of aryl methyl sites for hydroxylation is 2. The molecule has 0 saturated carbocycles. The number of hydrazone groups is 1. The number of rotatable bonds is 5. The number of nitrogens with one attached hydrogen (secondary N) is 2. The fraction of sp³-hybridized carbons (Fsp3) is 0.0833. The molecule has 32 heavy (non-hydrogen) atoms. The predicted octanol–water partition coefficient (Wildman–Crippen LogP) is 4.26. The number of nitrogens with zero attached hydrogens (tertiary/aromatic N) is 1. The van der Waals surface area contributed by atoms with Gasteiger partial charge in [0.05, 0.1) is 11.8 Å². The molecule has 3 aromatic carbocycles. The highest BCUT2D eigenvalue weighted by atomic mass is 35.5. The normalized spacial score (nSPS) is 10.6. The summed E-state index contributed by atoms with van der Waals surface area (Å²) in [6.45, 7) is 3.65. The van der Waals surface area contributed by atoms with Gasteiger partial charge >= 0.3 is 17.8 Å². The topological polar surface area (TPSA) is 96.9 Å². The molecule has 3 aromatic rings. The molecule has 0 saturated heterocycles. The molecule has 0 fully saturated rings. The highest BCUT2D eigenvalue weighted by Gasteiger charge is 2.14. The van der Waals surface area contributed by atoms with Crippen molar-refractivity contribution in [2.75, 3.05) is 5.32 Å². The third-order valence-corrected chi connectivity index (χ3v) is 4.86. The van der Waals surface area contributed by atoms with Gasteiger partial charge in [-0.1, -0.05) is 48.0 Å². The molecule has 2 N–H and O–H groups in total. The van der Waals surface area contributed by atoms with Crippen LogP contribution in [0.4, 0.5) is 5.69 Å². The Balaban J connectivity index is 1.57. The molecule has 3 rings (SSSR count). The minimum absolute atomic E-state index is 0.322. The molecule has 0 aliphatic heterocycles. The summed E-state index contributed by atoms with van der Waals surface area (Å²) in [5.41, 5.74) is 5.24. The largest absolute Gasteiger partial charge is 0.423 e. The Morgan fingerprint density at radius 3 is 2.44 bits per heavy atom. The lowest BCUT2D eigenvalue weighted by atomic mass is 10.1. The monoisotopic (exact) mass is 449 g/mol. The average molecular weight is 450 g/mol. The summed E-state index contributed by atoms with van der Waals surface area (Å²) in [5.74, 6) is -1.98. The quantitative estimate of drug-likeness (QED) is 0.200. The summed E-state index contributed by atoms with van der Waals surface area (Å²) >= 11 is 6.01. The fourth-order valence-corrected chi connectivity index (χ4v) is 2.88. The third kappa shape index (κ3) is 6.02. The van der Waals surface area contributed by atoms with Crippen molar-refractivity contribution in [1.29, 1.82) is 0 Å². The molecule has 2 amide bonds. The van der Waals surface area contributed by atoms with Crippen LogP contribution in [0.15, 0.2) is 71.8 Å². The van der Waals surface area contributed by atoms with E-state index in [0.717, 1.165) is 11.1 Å². The Bertz CT molecular complexity index is 1210. The van der Waals surface area contributed by atoms with E-state index in [0.29, 0.717) is 27.6 Å².